The van der Waals surface area contributed by atoms with Crippen LogP contribution >= 0.6 is 0 Å². The molecule has 1 aliphatic heterocycles. The number of carbonyl (C=O) groups is 2. The molecule has 5 heteroatoms. The SMILES string of the molecule is CC(=O)NOC(=O)[C@H]1O[C@@H]1C. The van der Waals surface area contributed by atoms with Crippen LogP contribution < -0.4 is 5.48 Å². The summed E-state index contributed by atoms with van der Waals surface area (Å²) >= 11 is 0. The lowest BCUT2D eigenvalue weighted by atomic mass is 10.3. The summed E-state index contributed by atoms with van der Waals surface area (Å²) in [4.78, 5) is 25.3. The van der Waals surface area contributed by atoms with Gasteiger partial charge in [-0.05, 0) is 6.92 Å². The topological polar surface area (TPSA) is 67.9 Å². The number of hydrogen-bond donors (Lipinski definition) is 1. The van der Waals surface area contributed by atoms with Crippen molar-refractivity contribution in [2.24, 2.45) is 0 Å². The van der Waals surface area contributed by atoms with Crippen molar-refractivity contribution in [3.63, 3.8) is 0 Å². The predicted molar refractivity (Wildman–Crippen MR) is 34.2 cm³/mol. The molecule has 11 heavy (non-hydrogen) atoms. The van der Waals surface area contributed by atoms with E-state index < -0.39 is 18.0 Å². The molecule has 0 spiro atoms. The molecule has 1 heterocycles. The van der Waals surface area contributed by atoms with E-state index in [1.54, 1.807) is 6.92 Å². The summed E-state index contributed by atoms with van der Waals surface area (Å²) < 4.78 is 4.79. The summed E-state index contributed by atoms with van der Waals surface area (Å²) in [5.74, 6) is -0.959. The normalized spacial score (nSPS) is 27.5. The molecule has 2 atom stereocenters. The van der Waals surface area contributed by atoms with E-state index in [0.717, 1.165) is 0 Å². The molecule has 0 saturated carbocycles. The number of nitrogens with one attached hydrogen (secondary N) is 1. The second-order valence-electron chi connectivity index (χ2n) is 2.34. The number of hydroxylamine groups is 1. The van der Waals surface area contributed by atoms with E-state index in [0.29, 0.717) is 0 Å². The fourth-order valence-electron chi connectivity index (χ4n) is 0.613. The first kappa shape index (κ1) is 8.00. The summed E-state index contributed by atoms with van der Waals surface area (Å²) in [6, 6.07) is 0. The third-order valence-corrected chi connectivity index (χ3v) is 1.24. The molecule has 0 aromatic carbocycles. The number of ether oxygens (including phenoxy) is 1. The summed E-state index contributed by atoms with van der Waals surface area (Å²) in [5, 5.41) is 0. The Hall–Kier alpha value is -1.10. The van der Waals surface area contributed by atoms with Crippen LogP contribution in [-0.2, 0) is 19.2 Å². The van der Waals surface area contributed by atoms with Crippen LogP contribution in [0.5, 0.6) is 0 Å². The molecular weight excluding hydrogens is 150 g/mol. The van der Waals surface area contributed by atoms with Crippen molar-refractivity contribution in [2.45, 2.75) is 26.1 Å². The lowest BCUT2D eigenvalue weighted by Crippen LogP contribution is -2.27. The quantitative estimate of drug-likeness (QED) is 0.408. The van der Waals surface area contributed by atoms with E-state index in [1.165, 1.54) is 6.92 Å². The Balaban J connectivity index is 2.17. The van der Waals surface area contributed by atoms with Crippen molar-refractivity contribution in [3.8, 4) is 0 Å². The molecule has 1 N–H and O–H groups in total. The molecule has 0 bridgehead atoms. The van der Waals surface area contributed by atoms with Gasteiger partial charge in [0.25, 0.3) is 0 Å². The molecule has 1 rings (SSSR count). The van der Waals surface area contributed by atoms with Gasteiger partial charge in [0.05, 0.1) is 6.10 Å². The van der Waals surface area contributed by atoms with Crippen LogP contribution in [-0.4, -0.2) is 24.1 Å². The van der Waals surface area contributed by atoms with Gasteiger partial charge in [-0.15, -0.1) is 0 Å². The van der Waals surface area contributed by atoms with Crippen molar-refractivity contribution < 1.29 is 19.2 Å². The summed E-state index contributed by atoms with van der Waals surface area (Å²) in [6.07, 6.45) is -0.585. The Morgan fingerprint density at radius 1 is 1.55 bits per heavy atom. The van der Waals surface area contributed by atoms with Gasteiger partial charge in [-0.1, -0.05) is 0 Å². The lowest BCUT2D eigenvalue weighted by molar-refractivity contribution is -0.158. The number of epoxide rings is 1. The van der Waals surface area contributed by atoms with Gasteiger partial charge in [-0.2, -0.15) is 5.48 Å². The van der Waals surface area contributed by atoms with Gasteiger partial charge in [0.15, 0.2) is 6.10 Å². The molecule has 1 amide bonds. The minimum atomic E-state index is -0.548. The molecule has 0 unspecified atom stereocenters. The van der Waals surface area contributed by atoms with Crippen LogP contribution in [0.1, 0.15) is 13.8 Å². The average molecular weight is 159 g/mol. The number of hydrogen-bond acceptors (Lipinski definition) is 4. The largest absolute Gasteiger partial charge is 0.363 e. The van der Waals surface area contributed by atoms with E-state index in [9.17, 15) is 9.59 Å². The van der Waals surface area contributed by atoms with Gasteiger partial charge in [-0.25, -0.2) is 4.79 Å². The summed E-state index contributed by atoms with van der Waals surface area (Å²) in [6.45, 7) is 3.00. The average Bonchev–Trinajstić information content (AvgIpc) is 2.61. The van der Waals surface area contributed by atoms with E-state index in [-0.39, 0.29) is 6.10 Å². The highest BCUT2D eigenvalue weighted by atomic mass is 16.7. The van der Waals surface area contributed by atoms with Gasteiger partial charge in [-0.3, -0.25) is 4.79 Å². The first-order chi connectivity index (χ1) is 5.11. The zero-order valence-electron chi connectivity index (χ0n) is 6.29. The maximum Gasteiger partial charge on any atom is 0.363 e. The second kappa shape index (κ2) is 2.87. The van der Waals surface area contributed by atoms with Crippen LogP contribution in [0.25, 0.3) is 0 Å². The van der Waals surface area contributed by atoms with Crippen LogP contribution in [0.3, 0.4) is 0 Å². The van der Waals surface area contributed by atoms with Crippen molar-refractivity contribution in [3.05, 3.63) is 0 Å². The molecule has 1 saturated heterocycles. The first-order valence-electron chi connectivity index (χ1n) is 3.24. The number of rotatable bonds is 1. The van der Waals surface area contributed by atoms with E-state index >= 15 is 0 Å². The van der Waals surface area contributed by atoms with Crippen molar-refractivity contribution in [1.82, 2.24) is 5.48 Å². The van der Waals surface area contributed by atoms with Gasteiger partial charge in [0, 0.05) is 6.92 Å². The summed E-state index contributed by atoms with van der Waals surface area (Å²) in [5.41, 5.74) is 1.92. The molecule has 0 aromatic rings. The molecule has 0 aromatic heterocycles. The minimum absolute atomic E-state index is 0.0868. The fourth-order valence-corrected chi connectivity index (χ4v) is 0.613. The zero-order chi connectivity index (χ0) is 8.43. The van der Waals surface area contributed by atoms with Crippen LogP contribution in [0.15, 0.2) is 0 Å². The Morgan fingerprint density at radius 2 is 2.09 bits per heavy atom. The van der Waals surface area contributed by atoms with Crippen LogP contribution in [0, 0.1) is 0 Å². The molecule has 62 valence electrons. The Kier molecular flexibility index (Phi) is 2.09. The Labute approximate surface area is 63.6 Å². The maximum absolute atomic E-state index is 10.8. The van der Waals surface area contributed by atoms with Gasteiger partial charge < -0.3 is 9.57 Å². The highest BCUT2D eigenvalue weighted by molar-refractivity contribution is 5.80. The van der Waals surface area contributed by atoms with Crippen LogP contribution in [0.2, 0.25) is 0 Å². The Bertz CT molecular complexity index is 191. The number of carbonyl (C=O) groups excluding carboxylic acids is 2. The highest BCUT2D eigenvalue weighted by Gasteiger charge is 2.43. The van der Waals surface area contributed by atoms with Gasteiger partial charge in [0.2, 0.25) is 5.91 Å². The maximum atomic E-state index is 10.8. The molecule has 0 aliphatic carbocycles. The monoisotopic (exact) mass is 159 g/mol. The number of amides is 1. The smallest absolute Gasteiger partial charge is 0.357 e. The summed E-state index contributed by atoms with van der Waals surface area (Å²) in [7, 11) is 0. The molecule has 5 nitrogen and oxygen atoms in total. The lowest BCUT2D eigenvalue weighted by Gasteiger charge is -1.98. The van der Waals surface area contributed by atoms with Crippen molar-refractivity contribution >= 4 is 11.9 Å². The fraction of sp³-hybridized carbons (Fsp3) is 0.667. The molecule has 1 fully saturated rings. The second-order valence-corrected chi connectivity index (χ2v) is 2.34. The highest BCUT2D eigenvalue weighted by Crippen LogP contribution is 2.21. The van der Waals surface area contributed by atoms with E-state index in [1.807, 2.05) is 5.48 Å². The standard InChI is InChI=1S/C6H9NO4/c1-3-5(10-3)6(9)11-7-4(2)8/h3,5H,1-2H3,(H,7,8)/t3-,5+/m1/s1. The van der Waals surface area contributed by atoms with Crippen molar-refractivity contribution in [1.29, 1.82) is 0 Å². The first-order valence-corrected chi connectivity index (χ1v) is 3.24. The zero-order valence-corrected chi connectivity index (χ0v) is 6.29. The minimum Gasteiger partial charge on any atom is -0.357 e. The Morgan fingerprint density at radius 3 is 2.45 bits per heavy atom. The third-order valence-electron chi connectivity index (χ3n) is 1.24. The van der Waals surface area contributed by atoms with E-state index in [2.05, 4.69) is 4.84 Å². The third kappa shape index (κ3) is 2.19. The molecule has 0 radical (unpaired) electrons. The van der Waals surface area contributed by atoms with Crippen LogP contribution in [0.4, 0.5) is 0 Å². The predicted octanol–water partition coefficient (Wildman–Crippen LogP) is -0.632. The van der Waals surface area contributed by atoms with Gasteiger partial charge in [0.1, 0.15) is 0 Å². The molecular formula is C6H9NO4. The molecule has 1 aliphatic rings. The van der Waals surface area contributed by atoms with Crippen molar-refractivity contribution in [2.75, 3.05) is 0 Å². The van der Waals surface area contributed by atoms with Gasteiger partial charge >= 0.3 is 5.97 Å². The van der Waals surface area contributed by atoms with E-state index in [4.69, 9.17) is 4.74 Å².